The Morgan fingerprint density at radius 3 is 2.68 bits per heavy atom. The van der Waals surface area contributed by atoms with Crippen molar-refractivity contribution in [2.24, 2.45) is 0 Å². The maximum Gasteiger partial charge on any atom is 0.250 e. The van der Waals surface area contributed by atoms with E-state index in [0.717, 1.165) is 11.3 Å². The largest absolute Gasteiger partial charge is 0.494 e. The second kappa shape index (κ2) is 7.42. The van der Waals surface area contributed by atoms with Crippen LogP contribution in [0.2, 0.25) is 0 Å². The number of hydrogen-bond acceptors (Lipinski definition) is 4. The Morgan fingerprint density at radius 2 is 2.00 bits per heavy atom. The van der Waals surface area contributed by atoms with Gasteiger partial charge in [0, 0.05) is 17.9 Å². The van der Waals surface area contributed by atoms with Crippen LogP contribution in [0.15, 0.2) is 42.5 Å². The third-order valence-electron chi connectivity index (χ3n) is 3.00. The van der Waals surface area contributed by atoms with Gasteiger partial charge >= 0.3 is 0 Å². The van der Waals surface area contributed by atoms with E-state index in [1.54, 1.807) is 30.3 Å². The minimum Gasteiger partial charge on any atom is -0.494 e. The van der Waals surface area contributed by atoms with E-state index in [9.17, 15) is 9.18 Å². The first-order valence-electron chi connectivity index (χ1n) is 6.69. The smallest absolute Gasteiger partial charge is 0.250 e. The van der Waals surface area contributed by atoms with Gasteiger partial charge in [-0.2, -0.15) is 0 Å². The van der Waals surface area contributed by atoms with Crippen molar-refractivity contribution in [2.45, 2.75) is 6.54 Å². The summed E-state index contributed by atoms with van der Waals surface area (Å²) in [7, 11) is 1.42. The quantitative estimate of drug-likeness (QED) is 0.766. The lowest BCUT2D eigenvalue weighted by molar-refractivity contribution is -0.118. The summed E-state index contributed by atoms with van der Waals surface area (Å²) in [6.45, 7) is -0.138. The number of carbonyl (C=O) groups excluding carboxylic acids is 1. The lowest BCUT2D eigenvalue weighted by Gasteiger charge is -2.10. The van der Waals surface area contributed by atoms with Crippen molar-refractivity contribution in [2.75, 3.05) is 24.4 Å². The van der Waals surface area contributed by atoms with Gasteiger partial charge in [0.25, 0.3) is 0 Å². The predicted octanol–water partition coefficient (Wildman–Crippen LogP) is 2.38. The van der Waals surface area contributed by atoms with E-state index < -0.39 is 18.3 Å². The van der Waals surface area contributed by atoms with Crippen LogP contribution in [0.25, 0.3) is 0 Å². The van der Waals surface area contributed by atoms with E-state index in [4.69, 9.17) is 9.84 Å². The number of anilines is 2. The Morgan fingerprint density at radius 1 is 1.23 bits per heavy atom. The average Bonchev–Trinajstić information content (AvgIpc) is 2.53. The zero-order valence-electron chi connectivity index (χ0n) is 12.1. The van der Waals surface area contributed by atoms with Gasteiger partial charge in [0.1, 0.15) is 6.61 Å². The normalized spacial score (nSPS) is 10.1. The molecule has 2 aromatic carbocycles. The molecule has 0 saturated heterocycles. The molecule has 0 unspecified atom stereocenters. The molecule has 22 heavy (non-hydrogen) atoms. The van der Waals surface area contributed by atoms with Crippen LogP contribution in [0.4, 0.5) is 15.8 Å². The molecule has 0 aliphatic carbocycles. The molecule has 0 spiro atoms. The fourth-order valence-corrected chi connectivity index (χ4v) is 1.93. The number of aliphatic hydroxyl groups excluding tert-OH is 1. The molecule has 0 saturated carbocycles. The summed E-state index contributed by atoms with van der Waals surface area (Å²) >= 11 is 0. The average molecular weight is 304 g/mol. The first-order valence-corrected chi connectivity index (χ1v) is 6.69. The number of halogens is 1. The molecule has 5 nitrogen and oxygen atoms in total. The van der Waals surface area contributed by atoms with E-state index in [0.29, 0.717) is 12.2 Å². The summed E-state index contributed by atoms with van der Waals surface area (Å²) in [4.78, 5) is 11.1. The van der Waals surface area contributed by atoms with Gasteiger partial charge in [0.15, 0.2) is 11.6 Å². The summed E-state index contributed by atoms with van der Waals surface area (Å²) in [5, 5.41) is 14.4. The van der Waals surface area contributed by atoms with E-state index in [2.05, 4.69) is 10.6 Å². The van der Waals surface area contributed by atoms with Crippen molar-refractivity contribution < 1.29 is 19.0 Å². The van der Waals surface area contributed by atoms with Crippen LogP contribution in [-0.2, 0) is 11.3 Å². The number of hydrogen-bond donors (Lipinski definition) is 3. The molecule has 0 fully saturated rings. The Kier molecular flexibility index (Phi) is 5.32. The molecule has 116 valence electrons. The molecule has 6 heteroatoms. The van der Waals surface area contributed by atoms with Gasteiger partial charge in [-0.25, -0.2) is 4.39 Å². The number of ether oxygens (including phenoxy) is 1. The standard InChI is InChI=1S/C16H17FN2O3/c1-22-15-6-5-11(7-14(15)17)9-18-12-3-2-4-13(8-12)19-16(21)10-20/h2-8,18,20H,9-10H2,1H3,(H,19,21). The van der Waals surface area contributed by atoms with Gasteiger partial charge in [-0.05, 0) is 35.9 Å². The van der Waals surface area contributed by atoms with Crippen molar-refractivity contribution in [1.29, 1.82) is 0 Å². The van der Waals surface area contributed by atoms with E-state index in [-0.39, 0.29) is 5.75 Å². The molecule has 0 aliphatic heterocycles. The molecule has 0 aromatic heterocycles. The van der Waals surface area contributed by atoms with Gasteiger partial charge < -0.3 is 20.5 Å². The van der Waals surface area contributed by atoms with E-state index in [1.165, 1.54) is 13.2 Å². The first-order chi connectivity index (χ1) is 10.6. The van der Waals surface area contributed by atoms with Crippen molar-refractivity contribution >= 4 is 17.3 Å². The number of amides is 1. The molecule has 1 amide bonds. The van der Waals surface area contributed by atoms with E-state index in [1.807, 2.05) is 6.07 Å². The van der Waals surface area contributed by atoms with Crippen LogP contribution >= 0.6 is 0 Å². The fraction of sp³-hybridized carbons (Fsp3) is 0.188. The van der Waals surface area contributed by atoms with Crippen LogP contribution in [0.5, 0.6) is 5.75 Å². The Labute approximate surface area is 127 Å². The van der Waals surface area contributed by atoms with Crippen LogP contribution in [-0.4, -0.2) is 24.7 Å². The van der Waals surface area contributed by atoms with Crippen molar-refractivity contribution in [3.63, 3.8) is 0 Å². The Bertz CT molecular complexity index is 662. The zero-order chi connectivity index (χ0) is 15.9. The van der Waals surface area contributed by atoms with Crippen molar-refractivity contribution in [3.05, 3.63) is 53.8 Å². The minimum atomic E-state index is -0.567. The van der Waals surface area contributed by atoms with Gasteiger partial charge in [-0.15, -0.1) is 0 Å². The third-order valence-corrected chi connectivity index (χ3v) is 3.00. The highest BCUT2D eigenvalue weighted by Crippen LogP contribution is 2.19. The number of carbonyl (C=O) groups is 1. The molecule has 0 atom stereocenters. The highest BCUT2D eigenvalue weighted by Gasteiger charge is 2.04. The highest BCUT2D eigenvalue weighted by molar-refractivity contribution is 5.91. The maximum absolute atomic E-state index is 13.6. The SMILES string of the molecule is COc1ccc(CNc2cccc(NC(=O)CO)c2)cc1F. The summed E-state index contributed by atoms with van der Waals surface area (Å²) < 4.78 is 18.5. The van der Waals surface area contributed by atoms with Gasteiger partial charge in [0.05, 0.1) is 7.11 Å². The summed E-state index contributed by atoms with van der Waals surface area (Å²) in [6, 6.07) is 11.8. The first kappa shape index (κ1) is 15.8. The van der Waals surface area contributed by atoms with Gasteiger partial charge in [-0.1, -0.05) is 12.1 Å². The molecule has 0 heterocycles. The van der Waals surface area contributed by atoms with Crippen LogP contribution in [0.1, 0.15) is 5.56 Å². The van der Waals surface area contributed by atoms with E-state index >= 15 is 0 Å². The Hall–Kier alpha value is -2.60. The molecular weight excluding hydrogens is 287 g/mol. The minimum absolute atomic E-state index is 0.206. The number of rotatable bonds is 6. The molecule has 2 rings (SSSR count). The summed E-state index contributed by atoms with van der Waals surface area (Å²) in [5.74, 6) is -0.683. The monoisotopic (exact) mass is 304 g/mol. The number of aliphatic hydroxyl groups is 1. The topological polar surface area (TPSA) is 70.6 Å². The second-order valence-electron chi connectivity index (χ2n) is 4.61. The predicted molar refractivity (Wildman–Crippen MR) is 82.4 cm³/mol. The van der Waals surface area contributed by atoms with Crippen LogP contribution in [0, 0.1) is 5.82 Å². The fourth-order valence-electron chi connectivity index (χ4n) is 1.93. The molecule has 0 aliphatic rings. The second-order valence-corrected chi connectivity index (χ2v) is 4.61. The van der Waals surface area contributed by atoms with Crippen LogP contribution in [0.3, 0.4) is 0 Å². The molecular formula is C16H17FN2O3. The molecule has 0 radical (unpaired) electrons. The molecule has 3 N–H and O–H groups in total. The lowest BCUT2D eigenvalue weighted by atomic mass is 10.2. The maximum atomic E-state index is 13.6. The number of nitrogens with one attached hydrogen (secondary N) is 2. The Balaban J connectivity index is 2.00. The zero-order valence-corrected chi connectivity index (χ0v) is 12.1. The van der Waals surface area contributed by atoms with Gasteiger partial charge in [-0.3, -0.25) is 4.79 Å². The highest BCUT2D eigenvalue weighted by atomic mass is 19.1. The number of benzene rings is 2. The van der Waals surface area contributed by atoms with Gasteiger partial charge in [0.2, 0.25) is 5.91 Å². The number of methoxy groups -OCH3 is 1. The lowest BCUT2D eigenvalue weighted by Crippen LogP contribution is -2.15. The van der Waals surface area contributed by atoms with Crippen molar-refractivity contribution in [3.8, 4) is 5.75 Å². The molecule has 0 bridgehead atoms. The molecule has 2 aromatic rings. The third kappa shape index (κ3) is 4.20. The van der Waals surface area contributed by atoms with Crippen molar-refractivity contribution in [1.82, 2.24) is 0 Å². The summed E-state index contributed by atoms with van der Waals surface area (Å²) in [5.41, 5.74) is 2.11. The van der Waals surface area contributed by atoms with Crippen LogP contribution < -0.4 is 15.4 Å². The summed E-state index contributed by atoms with van der Waals surface area (Å²) in [6.07, 6.45) is 0.